The minimum atomic E-state index is -0.549. The molecule has 0 saturated carbocycles. The maximum Gasteiger partial charge on any atom is 0.255 e. The summed E-state index contributed by atoms with van der Waals surface area (Å²) in [6, 6.07) is 7.49. The third-order valence-corrected chi connectivity index (χ3v) is 4.62. The van der Waals surface area contributed by atoms with E-state index in [4.69, 9.17) is 4.74 Å². The van der Waals surface area contributed by atoms with E-state index in [1.165, 1.54) is 0 Å². The lowest BCUT2D eigenvalue weighted by atomic mass is 9.89. The molecule has 0 unspecified atom stereocenters. The number of aryl methyl sites for hydroxylation is 1. The first kappa shape index (κ1) is 15.5. The van der Waals surface area contributed by atoms with E-state index in [9.17, 15) is 4.79 Å². The molecule has 1 amide bonds. The largest absolute Gasteiger partial charge is 0.368 e. The van der Waals surface area contributed by atoms with Crippen molar-refractivity contribution in [2.75, 3.05) is 20.2 Å². The van der Waals surface area contributed by atoms with Gasteiger partial charge in [0, 0.05) is 32.7 Å². The monoisotopic (exact) mass is 338 g/mol. The number of carbonyl (C=O) groups is 1. The molecule has 0 aromatic carbocycles. The van der Waals surface area contributed by atoms with Gasteiger partial charge in [-0.25, -0.2) is 9.67 Å². The summed E-state index contributed by atoms with van der Waals surface area (Å²) >= 11 is 0. The topological polar surface area (TPSA) is 78.1 Å². The standard InChI is InChI=1S/C17H18N6O2/c1-21-14(10-19-20-21)17(25-2)11-23(12-17)16(24)13-5-6-15(18-9-13)22-7-3-4-8-22/h3-10H,11-12H2,1-2H3. The number of carbonyl (C=O) groups excluding carboxylic acids is 1. The minimum absolute atomic E-state index is 0.0608. The van der Waals surface area contributed by atoms with Gasteiger partial charge in [0.15, 0.2) is 0 Å². The third kappa shape index (κ3) is 2.51. The predicted octanol–water partition coefficient (Wildman–Crippen LogP) is 0.998. The fourth-order valence-corrected chi connectivity index (χ4v) is 3.15. The fourth-order valence-electron chi connectivity index (χ4n) is 3.15. The van der Waals surface area contributed by atoms with Crippen LogP contribution in [0, 0.1) is 0 Å². The summed E-state index contributed by atoms with van der Waals surface area (Å²) in [4.78, 5) is 18.8. The average molecular weight is 338 g/mol. The van der Waals surface area contributed by atoms with Gasteiger partial charge in [-0.1, -0.05) is 5.21 Å². The molecule has 1 fully saturated rings. The first-order chi connectivity index (χ1) is 12.1. The Morgan fingerprint density at radius 3 is 2.52 bits per heavy atom. The van der Waals surface area contributed by atoms with Gasteiger partial charge in [-0.3, -0.25) is 4.79 Å². The smallest absolute Gasteiger partial charge is 0.255 e. The van der Waals surface area contributed by atoms with E-state index in [1.807, 2.05) is 42.2 Å². The number of pyridine rings is 1. The molecule has 8 heteroatoms. The molecule has 8 nitrogen and oxygen atoms in total. The Labute approximate surface area is 144 Å². The lowest BCUT2D eigenvalue weighted by Crippen LogP contribution is -2.62. The summed E-state index contributed by atoms with van der Waals surface area (Å²) in [5, 5.41) is 7.84. The zero-order chi connectivity index (χ0) is 17.4. The van der Waals surface area contributed by atoms with Gasteiger partial charge in [0.05, 0.1) is 30.5 Å². The van der Waals surface area contributed by atoms with Gasteiger partial charge in [0.1, 0.15) is 11.4 Å². The van der Waals surface area contributed by atoms with Gasteiger partial charge < -0.3 is 14.2 Å². The van der Waals surface area contributed by atoms with Crippen LogP contribution in [-0.4, -0.2) is 55.6 Å². The van der Waals surface area contributed by atoms with E-state index >= 15 is 0 Å². The van der Waals surface area contributed by atoms with Crippen molar-refractivity contribution >= 4 is 5.91 Å². The van der Waals surface area contributed by atoms with E-state index in [0.717, 1.165) is 11.5 Å². The molecule has 3 aromatic rings. The van der Waals surface area contributed by atoms with Crippen LogP contribution < -0.4 is 0 Å². The Morgan fingerprint density at radius 2 is 1.96 bits per heavy atom. The molecule has 0 atom stereocenters. The molecule has 128 valence electrons. The molecule has 0 spiro atoms. The molecular weight excluding hydrogens is 320 g/mol. The van der Waals surface area contributed by atoms with Crippen LogP contribution in [0.25, 0.3) is 5.82 Å². The first-order valence-corrected chi connectivity index (χ1v) is 7.92. The van der Waals surface area contributed by atoms with Gasteiger partial charge in [-0.05, 0) is 24.3 Å². The van der Waals surface area contributed by atoms with Crippen molar-refractivity contribution in [2.24, 2.45) is 7.05 Å². The van der Waals surface area contributed by atoms with E-state index in [0.29, 0.717) is 18.7 Å². The van der Waals surface area contributed by atoms with Crippen molar-refractivity contribution in [1.29, 1.82) is 0 Å². The molecular formula is C17H18N6O2. The highest BCUT2D eigenvalue weighted by atomic mass is 16.5. The lowest BCUT2D eigenvalue weighted by molar-refractivity contribution is -0.119. The van der Waals surface area contributed by atoms with Crippen molar-refractivity contribution < 1.29 is 9.53 Å². The maximum absolute atomic E-state index is 12.7. The summed E-state index contributed by atoms with van der Waals surface area (Å²) in [6.45, 7) is 0.922. The van der Waals surface area contributed by atoms with Crippen LogP contribution in [0.1, 0.15) is 16.1 Å². The molecule has 1 saturated heterocycles. The zero-order valence-electron chi connectivity index (χ0n) is 14.0. The summed E-state index contributed by atoms with van der Waals surface area (Å²) in [7, 11) is 3.46. The van der Waals surface area contributed by atoms with Crippen LogP contribution in [0.3, 0.4) is 0 Å². The van der Waals surface area contributed by atoms with Gasteiger partial charge >= 0.3 is 0 Å². The van der Waals surface area contributed by atoms with Gasteiger partial charge in [0.25, 0.3) is 5.91 Å². The highest BCUT2D eigenvalue weighted by Gasteiger charge is 2.49. The van der Waals surface area contributed by atoms with Crippen LogP contribution in [0.15, 0.2) is 49.1 Å². The summed E-state index contributed by atoms with van der Waals surface area (Å²) in [5.41, 5.74) is 0.871. The number of amides is 1. The Hall–Kier alpha value is -3.00. The number of hydrogen-bond donors (Lipinski definition) is 0. The van der Waals surface area contributed by atoms with Crippen LogP contribution in [0.4, 0.5) is 0 Å². The van der Waals surface area contributed by atoms with Gasteiger partial charge in [0.2, 0.25) is 0 Å². The van der Waals surface area contributed by atoms with Crippen LogP contribution in [0.2, 0.25) is 0 Å². The molecule has 0 aliphatic carbocycles. The van der Waals surface area contributed by atoms with Crippen LogP contribution in [0.5, 0.6) is 0 Å². The number of rotatable bonds is 4. The lowest BCUT2D eigenvalue weighted by Gasteiger charge is -2.48. The van der Waals surface area contributed by atoms with Crippen molar-refractivity contribution in [3.8, 4) is 5.82 Å². The SMILES string of the molecule is COC1(c2cnnn2C)CN(C(=O)c2ccc(-n3cccc3)nc2)C1. The number of nitrogens with zero attached hydrogens (tertiary/aromatic N) is 6. The second kappa shape index (κ2) is 5.82. The van der Waals surface area contributed by atoms with Crippen molar-refractivity contribution in [1.82, 2.24) is 29.4 Å². The number of methoxy groups -OCH3 is 1. The van der Waals surface area contributed by atoms with Gasteiger partial charge in [-0.2, -0.15) is 0 Å². The zero-order valence-corrected chi connectivity index (χ0v) is 14.0. The first-order valence-electron chi connectivity index (χ1n) is 7.92. The van der Waals surface area contributed by atoms with E-state index in [1.54, 1.807) is 35.2 Å². The van der Waals surface area contributed by atoms with Crippen LogP contribution in [-0.2, 0) is 17.4 Å². The van der Waals surface area contributed by atoms with E-state index in [2.05, 4.69) is 15.3 Å². The quantitative estimate of drug-likeness (QED) is 0.709. The number of ether oxygens (including phenoxy) is 1. The Balaban J connectivity index is 1.49. The second-order valence-corrected chi connectivity index (χ2v) is 6.10. The normalized spacial score (nSPS) is 15.8. The average Bonchev–Trinajstić information content (AvgIpc) is 3.27. The van der Waals surface area contributed by atoms with Crippen LogP contribution >= 0.6 is 0 Å². The molecule has 1 aliphatic rings. The highest BCUT2D eigenvalue weighted by Crippen LogP contribution is 2.35. The third-order valence-electron chi connectivity index (χ3n) is 4.62. The van der Waals surface area contributed by atoms with Crippen molar-refractivity contribution in [2.45, 2.75) is 5.60 Å². The Bertz CT molecular complexity index is 878. The summed E-state index contributed by atoms with van der Waals surface area (Å²) < 4.78 is 9.24. The Kier molecular flexibility index (Phi) is 3.61. The molecule has 0 radical (unpaired) electrons. The molecule has 0 bridgehead atoms. The molecule has 4 heterocycles. The summed E-state index contributed by atoms with van der Waals surface area (Å²) in [5.74, 6) is 0.715. The predicted molar refractivity (Wildman–Crippen MR) is 89.2 cm³/mol. The molecule has 3 aromatic heterocycles. The minimum Gasteiger partial charge on any atom is -0.368 e. The van der Waals surface area contributed by atoms with Gasteiger partial charge in [-0.15, -0.1) is 5.10 Å². The number of aromatic nitrogens is 5. The van der Waals surface area contributed by atoms with Crippen molar-refractivity contribution in [3.63, 3.8) is 0 Å². The number of likely N-dealkylation sites (tertiary alicyclic amines) is 1. The van der Waals surface area contributed by atoms with Crippen molar-refractivity contribution in [3.05, 3.63) is 60.3 Å². The maximum atomic E-state index is 12.7. The Morgan fingerprint density at radius 1 is 1.20 bits per heavy atom. The molecule has 1 aliphatic heterocycles. The second-order valence-electron chi connectivity index (χ2n) is 6.10. The summed E-state index contributed by atoms with van der Waals surface area (Å²) in [6.07, 6.45) is 7.11. The molecule has 4 rings (SSSR count). The molecule has 0 N–H and O–H groups in total. The highest BCUT2D eigenvalue weighted by molar-refractivity contribution is 5.94. The van der Waals surface area contributed by atoms with E-state index < -0.39 is 5.60 Å². The number of hydrogen-bond acceptors (Lipinski definition) is 5. The van der Waals surface area contributed by atoms with E-state index in [-0.39, 0.29) is 5.91 Å². The molecule has 25 heavy (non-hydrogen) atoms. The fraction of sp³-hybridized carbons (Fsp3) is 0.294.